The molecule has 0 saturated carbocycles. The van der Waals surface area contributed by atoms with E-state index < -0.39 is 0 Å². The fourth-order valence-electron chi connectivity index (χ4n) is 1.98. The summed E-state index contributed by atoms with van der Waals surface area (Å²) in [5, 5.41) is 3.15. The molecule has 0 bridgehead atoms. The lowest BCUT2D eigenvalue weighted by atomic mass is 9.99. The van der Waals surface area contributed by atoms with Gasteiger partial charge in [-0.25, -0.2) is 4.98 Å². The van der Waals surface area contributed by atoms with Gasteiger partial charge in [0.15, 0.2) is 0 Å². The van der Waals surface area contributed by atoms with Crippen molar-refractivity contribution in [1.82, 2.24) is 4.98 Å². The van der Waals surface area contributed by atoms with Gasteiger partial charge in [-0.05, 0) is 24.8 Å². The van der Waals surface area contributed by atoms with Crippen molar-refractivity contribution in [3.05, 3.63) is 18.3 Å². The molecule has 82 valence electrons. The zero-order chi connectivity index (χ0) is 10.7. The van der Waals surface area contributed by atoms with Gasteiger partial charge in [0.25, 0.3) is 0 Å². The monoisotopic (exact) mass is 205 g/mol. The first-order valence-electron chi connectivity index (χ1n) is 5.68. The van der Waals surface area contributed by atoms with Crippen molar-refractivity contribution in [3.63, 3.8) is 0 Å². The van der Waals surface area contributed by atoms with Gasteiger partial charge < -0.3 is 10.2 Å². The molecule has 1 fully saturated rings. The number of nitrogens with zero attached hydrogens (tertiary/aromatic N) is 2. The average molecular weight is 205 g/mol. The lowest BCUT2D eigenvalue weighted by Crippen LogP contribution is -2.33. The molecule has 0 aromatic carbocycles. The number of aromatic nitrogens is 1. The number of pyridine rings is 1. The van der Waals surface area contributed by atoms with Crippen LogP contribution in [0.2, 0.25) is 0 Å². The van der Waals surface area contributed by atoms with Crippen molar-refractivity contribution in [2.45, 2.75) is 19.8 Å². The second-order valence-corrected chi connectivity index (χ2v) is 4.32. The van der Waals surface area contributed by atoms with Gasteiger partial charge in [-0.1, -0.05) is 6.92 Å². The van der Waals surface area contributed by atoms with Crippen LogP contribution in [0.3, 0.4) is 0 Å². The lowest BCUT2D eigenvalue weighted by molar-refractivity contribution is 0.436. The number of hydrogen-bond donors (Lipinski definition) is 1. The number of anilines is 2. The van der Waals surface area contributed by atoms with E-state index in [0.29, 0.717) is 0 Å². The van der Waals surface area contributed by atoms with E-state index in [0.717, 1.165) is 30.5 Å². The third kappa shape index (κ3) is 2.41. The third-order valence-electron chi connectivity index (χ3n) is 3.14. The molecule has 1 aliphatic rings. The fraction of sp³-hybridized carbons (Fsp3) is 0.583. The summed E-state index contributed by atoms with van der Waals surface area (Å²) in [5.41, 5.74) is 1.14. The van der Waals surface area contributed by atoms with Crippen molar-refractivity contribution in [3.8, 4) is 0 Å². The minimum absolute atomic E-state index is 0.869. The lowest BCUT2D eigenvalue weighted by Gasteiger charge is -2.31. The maximum Gasteiger partial charge on any atom is 0.130 e. The van der Waals surface area contributed by atoms with Gasteiger partial charge >= 0.3 is 0 Å². The Labute approximate surface area is 91.5 Å². The van der Waals surface area contributed by atoms with E-state index in [-0.39, 0.29) is 0 Å². The van der Waals surface area contributed by atoms with E-state index in [1.807, 2.05) is 19.3 Å². The van der Waals surface area contributed by atoms with Crippen molar-refractivity contribution in [2.24, 2.45) is 5.92 Å². The maximum absolute atomic E-state index is 4.42. The highest BCUT2D eigenvalue weighted by molar-refractivity contribution is 5.52. The quantitative estimate of drug-likeness (QED) is 0.803. The molecule has 1 saturated heterocycles. The van der Waals surface area contributed by atoms with E-state index >= 15 is 0 Å². The summed E-state index contributed by atoms with van der Waals surface area (Å²) in [7, 11) is 1.94. The highest BCUT2D eigenvalue weighted by atomic mass is 15.2. The van der Waals surface area contributed by atoms with Crippen LogP contribution < -0.4 is 10.2 Å². The van der Waals surface area contributed by atoms with Gasteiger partial charge in [0, 0.05) is 38.1 Å². The van der Waals surface area contributed by atoms with Crippen LogP contribution >= 0.6 is 0 Å². The Morgan fingerprint density at radius 2 is 2.13 bits per heavy atom. The molecule has 0 atom stereocenters. The van der Waals surface area contributed by atoms with Crippen LogP contribution in [0.1, 0.15) is 19.8 Å². The van der Waals surface area contributed by atoms with E-state index in [1.165, 1.54) is 12.8 Å². The summed E-state index contributed by atoms with van der Waals surface area (Å²) >= 11 is 0. The molecular formula is C12H19N3. The molecule has 2 rings (SSSR count). The van der Waals surface area contributed by atoms with Crippen LogP contribution in [-0.2, 0) is 0 Å². The zero-order valence-electron chi connectivity index (χ0n) is 9.53. The molecule has 2 heterocycles. The molecule has 1 N–H and O–H groups in total. The summed E-state index contributed by atoms with van der Waals surface area (Å²) in [4.78, 5) is 6.80. The maximum atomic E-state index is 4.42. The Morgan fingerprint density at radius 3 is 2.80 bits per heavy atom. The summed E-state index contributed by atoms with van der Waals surface area (Å²) in [6, 6.07) is 4.12. The highest BCUT2D eigenvalue weighted by Crippen LogP contribution is 2.22. The van der Waals surface area contributed by atoms with Crippen molar-refractivity contribution in [1.29, 1.82) is 0 Å². The van der Waals surface area contributed by atoms with Crippen molar-refractivity contribution < 1.29 is 0 Å². The minimum atomic E-state index is 0.869. The summed E-state index contributed by atoms with van der Waals surface area (Å²) in [6.07, 6.45) is 4.44. The molecular weight excluding hydrogens is 186 g/mol. The first-order valence-corrected chi connectivity index (χ1v) is 5.68. The first-order chi connectivity index (χ1) is 7.29. The van der Waals surface area contributed by atoms with E-state index in [9.17, 15) is 0 Å². The third-order valence-corrected chi connectivity index (χ3v) is 3.14. The topological polar surface area (TPSA) is 28.2 Å². The first kappa shape index (κ1) is 10.3. The van der Waals surface area contributed by atoms with Crippen molar-refractivity contribution in [2.75, 3.05) is 30.4 Å². The van der Waals surface area contributed by atoms with Crippen LogP contribution in [0.25, 0.3) is 0 Å². The number of piperidine rings is 1. The van der Waals surface area contributed by atoms with E-state index in [4.69, 9.17) is 0 Å². The smallest absolute Gasteiger partial charge is 0.130 e. The molecule has 0 aliphatic carbocycles. The van der Waals surface area contributed by atoms with Crippen LogP contribution in [0.15, 0.2) is 18.3 Å². The molecule has 1 aromatic rings. The van der Waals surface area contributed by atoms with Gasteiger partial charge in [-0.2, -0.15) is 0 Å². The largest absolute Gasteiger partial charge is 0.388 e. The Kier molecular flexibility index (Phi) is 3.09. The molecule has 0 radical (unpaired) electrons. The highest BCUT2D eigenvalue weighted by Gasteiger charge is 2.16. The number of nitrogens with one attached hydrogen (secondary N) is 1. The molecule has 1 aliphatic heterocycles. The van der Waals surface area contributed by atoms with Crippen LogP contribution in [0.5, 0.6) is 0 Å². The SMILES string of the molecule is CNc1ccnc(N2CCC(C)CC2)c1. The molecule has 1 aromatic heterocycles. The summed E-state index contributed by atoms with van der Waals surface area (Å²) < 4.78 is 0. The van der Waals surface area contributed by atoms with Gasteiger partial charge in [0.05, 0.1) is 0 Å². The fourth-order valence-corrected chi connectivity index (χ4v) is 1.98. The standard InChI is InChI=1S/C12H19N3/c1-10-4-7-15(8-5-10)12-9-11(13-2)3-6-14-12/h3,6,9-10H,4-5,7-8H2,1-2H3,(H,13,14). The van der Waals surface area contributed by atoms with E-state index in [1.54, 1.807) is 0 Å². The number of hydrogen-bond acceptors (Lipinski definition) is 3. The molecule has 0 unspecified atom stereocenters. The molecule has 3 nitrogen and oxygen atoms in total. The molecule has 15 heavy (non-hydrogen) atoms. The van der Waals surface area contributed by atoms with Gasteiger partial charge in [-0.3, -0.25) is 0 Å². The molecule has 0 amide bonds. The van der Waals surface area contributed by atoms with Crippen LogP contribution in [0, 0.1) is 5.92 Å². The second-order valence-electron chi connectivity index (χ2n) is 4.32. The number of rotatable bonds is 2. The summed E-state index contributed by atoms with van der Waals surface area (Å²) in [5.74, 6) is 1.97. The van der Waals surface area contributed by atoms with E-state index in [2.05, 4.69) is 28.2 Å². The minimum Gasteiger partial charge on any atom is -0.388 e. The average Bonchev–Trinajstić information content (AvgIpc) is 2.30. The van der Waals surface area contributed by atoms with Gasteiger partial charge in [0.2, 0.25) is 0 Å². The predicted molar refractivity (Wildman–Crippen MR) is 64.4 cm³/mol. The van der Waals surface area contributed by atoms with Crippen LogP contribution in [-0.4, -0.2) is 25.1 Å². The Balaban J connectivity index is 2.08. The normalized spacial score (nSPS) is 17.9. The Hall–Kier alpha value is -1.25. The van der Waals surface area contributed by atoms with Crippen molar-refractivity contribution >= 4 is 11.5 Å². The predicted octanol–water partition coefficient (Wildman–Crippen LogP) is 2.36. The Morgan fingerprint density at radius 1 is 1.40 bits per heavy atom. The van der Waals surface area contributed by atoms with Gasteiger partial charge in [-0.15, -0.1) is 0 Å². The van der Waals surface area contributed by atoms with Crippen LogP contribution in [0.4, 0.5) is 11.5 Å². The second kappa shape index (κ2) is 4.51. The zero-order valence-corrected chi connectivity index (χ0v) is 9.53. The van der Waals surface area contributed by atoms with Gasteiger partial charge in [0.1, 0.15) is 5.82 Å². The molecule has 3 heteroatoms. The summed E-state index contributed by atoms with van der Waals surface area (Å²) in [6.45, 7) is 4.61. The Bertz CT molecular complexity index is 316. The molecule has 0 spiro atoms.